The van der Waals surface area contributed by atoms with Crippen molar-refractivity contribution in [2.45, 2.75) is 32.8 Å². The lowest BCUT2D eigenvalue weighted by Gasteiger charge is -2.03. The molecule has 1 unspecified atom stereocenters. The molecule has 2 aromatic rings. The van der Waals surface area contributed by atoms with E-state index < -0.39 is 0 Å². The minimum atomic E-state index is -0.354. The molecule has 0 aromatic carbocycles. The maximum atomic E-state index is 9.37. The Hall–Kier alpha value is -1.00. The van der Waals surface area contributed by atoms with Gasteiger partial charge in [0.2, 0.25) is 0 Å². The monoisotopic (exact) mass is 222 g/mol. The smallest absolute Gasteiger partial charge is 0.127 e. The van der Waals surface area contributed by atoms with Gasteiger partial charge < -0.3 is 5.11 Å². The van der Waals surface area contributed by atoms with Crippen molar-refractivity contribution >= 4 is 21.6 Å². The van der Waals surface area contributed by atoms with E-state index in [0.717, 1.165) is 22.3 Å². The van der Waals surface area contributed by atoms with Crippen molar-refractivity contribution in [1.82, 2.24) is 9.97 Å². The molecule has 15 heavy (non-hydrogen) atoms. The zero-order valence-corrected chi connectivity index (χ0v) is 9.71. The molecule has 0 aliphatic rings. The maximum Gasteiger partial charge on any atom is 0.127 e. The number of fused-ring (bicyclic) bond motifs is 1. The summed E-state index contributed by atoms with van der Waals surface area (Å²) in [5, 5.41) is 10.5. The predicted molar refractivity (Wildman–Crippen MR) is 62.2 cm³/mol. The third-order valence-corrected chi connectivity index (χ3v) is 3.49. The van der Waals surface area contributed by atoms with Crippen molar-refractivity contribution in [2.24, 2.45) is 0 Å². The number of aromatic nitrogens is 2. The van der Waals surface area contributed by atoms with Crippen LogP contribution in [0.3, 0.4) is 0 Å². The van der Waals surface area contributed by atoms with Crippen molar-refractivity contribution in [3.8, 4) is 0 Å². The SMILES string of the molecule is CCc1cc2c(CC(C)O)ncnc2s1. The number of nitrogens with zero attached hydrogens (tertiary/aromatic N) is 2. The molecule has 0 saturated carbocycles. The highest BCUT2D eigenvalue weighted by molar-refractivity contribution is 7.18. The fourth-order valence-electron chi connectivity index (χ4n) is 1.57. The van der Waals surface area contributed by atoms with Gasteiger partial charge >= 0.3 is 0 Å². The Labute approximate surface area is 92.8 Å². The summed E-state index contributed by atoms with van der Waals surface area (Å²) in [7, 11) is 0. The molecule has 1 N–H and O–H groups in total. The van der Waals surface area contributed by atoms with E-state index in [9.17, 15) is 5.11 Å². The zero-order valence-electron chi connectivity index (χ0n) is 8.90. The number of hydrogen-bond donors (Lipinski definition) is 1. The van der Waals surface area contributed by atoms with Gasteiger partial charge in [0.1, 0.15) is 11.2 Å². The lowest BCUT2D eigenvalue weighted by molar-refractivity contribution is 0.194. The van der Waals surface area contributed by atoms with Crippen LogP contribution in [0.4, 0.5) is 0 Å². The van der Waals surface area contributed by atoms with Crippen LogP contribution >= 0.6 is 11.3 Å². The number of aliphatic hydroxyl groups excluding tert-OH is 1. The number of hydrogen-bond acceptors (Lipinski definition) is 4. The molecule has 80 valence electrons. The molecular weight excluding hydrogens is 208 g/mol. The summed E-state index contributed by atoms with van der Waals surface area (Å²) in [5.74, 6) is 0. The van der Waals surface area contributed by atoms with E-state index in [1.807, 2.05) is 0 Å². The van der Waals surface area contributed by atoms with E-state index in [2.05, 4.69) is 23.0 Å². The molecule has 0 aliphatic heterocycles. The number of aliphatic hydroxyl groups is 1. The third-order valence-electron chi connectivity index (χ3n) is 2.30. The molecule has 3 nitrogen and oxygen atoms in total. The van der Waals surface area contributed by atoms with Gasteiger partial charge in [-0.1, -0.05) is 6.92 Å². The summed E-state index contributed by atoms with van der Waals surface area (Å²) < 4.78 is 0. The molecule has 2 heterocycles. The summed E-state index contributed by atoms with van der Waals surface area (Å²) in [4.78, 5) is 10.8. The minimum absolute atomic E-state index is 0.354. The highest BCUT2D eigenvalue weighted by Gasteiger charge is 2.09. The van der Waals surface area contributed by atoms with Crippen LogP contribution in [-0.4, -0.2) is 21.2 Å². The van der Waals surface area contributed by atoms with Crippen molar-refractivity contribution < 1.29 is 5.11 Å². The van der Waals surface area contributed by atoms with Gasteiger partial charge in [0.05, 0.1) is 11.8 Å². The van der Waals surface area contributed by atoms with Crippen molar-refractivity contribution in [3.63, 3.8) is 0 Å². The predicted octanol–water partition coefficient (Wildman–Crippen LogP) is 2.18. The van der Waals surface area contributed by atoms with Gasteiger partial charge in [0.15, 0.2) is 0 Å². The van der Waals surface area contributed by atoms with Crippen molar-refractivity contribution in [1.29, 1.82) is 0 Å². The molecule has 1 atom stereocenters. The second-order valence-electron chi connectivity index (χ2n) is 3.66. The fraction of sp³-hybridized carbons (Fsp3) is 0.455. The number of rotatable bonds is 3. The van der Waals surface area contributed by atoms with Gasteiger partial charge in [0.25, 0.3) is 0 Å². The van der Waals surface area contributed by atoms with Crippen molar-refractivity contribution in [3.05, 3.63) is 23.0 Å². The third kappa shape index (κ3) is 2.16. The van der Waals surface area contributed by atoms with Crippen LogP contribution in [0.15, 0.2) is 12.4 Å². The molecule has 0 saturated heterocycles. The van der Waals surface area contributed by atoms with Crippen LogP contribution in [-0.2, 0) is 12.8 Å². The summed E-state index contributed by atoms with van der Waals surface area (Å²) in [6.07, 6.45) is 2.84. The van der Waals surface area contributed by atoms with E-state index in [1.54, 1.807) is 24.6 Å². The normalized spacial score (nSPS) is 13.3. The molecule has 0 aliphatic carbocycles. The van der Waals surface area contributed by atoms with Crippen LogP contribution < -0.4 is 0 Å². The zero-order chi connectivity index (χ0) is 10.8. The Kier molecular flexibility index (Phi) is 2.98. The number of thiophene rings is 1. The minimum Gasteiger partial charge on any atom is -0.393 e. The highest BCUT2D eigenvalue weighted by Crippen LogP contribution is 2.26. The molecule has 0 bridgehead atoms. The van der Waals surface area contributed by atoms with Crippen molar-refractivity contribution in [2.75, 3.05) is 0 Å². The molecular formula is C11H14N2OS. The lowest BCUT2D eigenvalue weighted by Crippen LogP contribution is -2.06. The van der Waals surface area contributed by atoms with E-state index in [0.29, 0.717) is 6.42 Å². The first-order chi connectivity index (χ1) is 7.20. The summed E-state index contributed by atoms with van der Waals surface area (Å²) in [6, 6.07) is 2.14. The summed E-state index contributed by atoms with van der Waals surface area (Å²) in [5.41, 5.74) is 0.950. The summed E-state index contributed by atoms with van der Waals surface area (Å²) >= 11 is 1.71. The Morgan fingerprint density at radius 2 is 2.27 bits per heavy atom. The summed E-state index contributed by atoms with van der Waals surface area (Å²) in [6.45, 7) is 3.91. The fourth-order valence-corrected chi connectivity index (χ4v) is 2.53. The average molecular weight is 222 g/mol. The lowest BCUT2D eigenvalue weighted by atomic mass is 10.1. The van der Waals surface area contributed by atoms with Crippen LogP contribution in [0.1, 0.15) is 24.4 Å². The quantitative estimate of drug-likeness (QED) is 0.865. The van der Waals surface area contributed by atoms with Crippen LogP contribution in [0.2, 0.25) is 0 Å². The average Bonchev–Trinajstić information content (AvgIpc) is 2.61. The second kappa shape index (κ2) is 4.24. The molecule has 4 heteroatoms. The Morgan fingerprint density at radius 1 is 1.47 bits per heavy atom. The largest absolute Gasteiger partial charge is 0.393 e. The van der Waals surface area contributed by atoms with E-state index in [-0.39, 0.29) is 6.10 Å². The first kappa shape index (κ1) is 10.5. The molecule has 0 spiro atoms. The van der Waals surface area contributed by atoms with Gasteiger partial charge in [0, 0.05) is 16.7 Å². The topological polar surface area (TPSA) is 46.0 Å². The first-order valence-corrected chi connectivity index (χ1v) is 5.92. The number of aryl methyl sites for hydroxylation is 1. The van der Waals surface area contributed by atoms with E-state index >= 15 is 0 Å². The Morgan fingerprint density at radius 3 is 2.93 bits per heavy atom. The van der Waals surface area contributed by atoms with E-state index in [4.69, 9.17) is 0 Å². The van der Waals surface area contributed by atoms with Gasteiger partial charge in [-0.05, 0) is 19.4 Å². The molecule has 0 radical (unpaired) electrons. The van der Waals surface area contributed by atoms with Gasteiger partial charge in [-0.3, -0.25) is 0 Å². The van der Waals surface area contributed by atoms with Crippen LogP contribution in [0.25, 0.3) is 10.2 Å². The molecule has 2 rings (SSSR count). The van der Waals surface area contributed by atoms with E-state index in [1.165, 1.54) is 4.88 Å². The molecule has 0 fully saturated rings. The standard InChI is InChI=1S/C11H14N2OS/c1-3-8-5-9-10(4-7(2)14)12-6-13-11(9)15-8/h5-7,14H,3-4H2,1-2H3. The Bertz CT molecular complexity index is 465. The van der Waals surface area contributed by atoms with Crippen LogP contribution in [0, 0.1) is 0 Å². The second-order valence-corrected chi connectivity index (χ2v) is 4.77. The van der Waals surface area contributed by atoms with Gasteiger partial charge in [-0.2, -0.15) is 0 Å². The van der Waals surface area contributed by atoms with Gasteiger partial charge in [-0.15, -0.1) is 11.3 Å². The first-order valence-electron chi connectivity index (χ1n) is 5.11. The molecule has 2 aromatic heterocycles. The van der Waals surface area contributed by atoms with Gasteiger partial charge in [-0.25, -0.2) is 9.97 Å². The Balaban J connectivity index is 2.49. The van der Waals surface area contributed by atoms with Crippen LogP contribution in [0.5, 0.6) is 0 Å². The molecule has 0 amide bonds. The maximum absolute atomic E-state index is 9.37. The highest BCUT2D eigenvalue weighted by atomic mass is 32.1.